The van der Waals surface area contributed by atoms with Crippen LogP contribution in [0.25, 0.3) is 10.9 Å². The van der Waals surface area contributed by atoms with E-state index in [4.69, 9.17) is 0 Å². The van der Waals surface area contributed by atoms with E-state index in [9.17, 15) is 19.1 Å². The number of rotatable bonds is 5. The summed E-state index contributed by atoms with van der Waals surface area (Å²) in [6.45, 7) is 2.84. The number of nitrogens with zero attached hydrogens (tertiary/aromatic N) is 3. The number of hydrogen-bond acceptors (Lipinski definition) is 6. The Morgan fingerprint density at radius 2 is 1.92 bits per heavy atom. The van der Waals surface area contributed by atoms with Crippen molar-refractivity contribution in [3.63, 3.8) is 0 Å². The van der Waals surface area contributed by atoms with Crippen molar-refractivity contribution in [3.8, 4) is 0 Å². The molecule has 37 heavy (non-hydrogen) atoms. The summed E-state index contributed by atoms with van der Waals surface area (Å²) in [6.07, 6.45) is 5.34. The molecule has 3 atom stereocenters. The van der Waals surface area contributed by atoms with E-state index in [-0.39, 0.29) is 54.1 Å². The van der Waals surface area contributed by atoms with Gasteiger partial charge >= 0.3 is 0 Å². The van der Waals surface area contributed by atoms with Crippen LogP contribution in [0.1, 0.15) is 30.7 Å². The second-order valence-electron chi connectivity index (χ2n) is 9.84. The molecular formula is C26H30Cl2FN5O3. The highest BCUT2D eigenvalue weighted by molar-refractivity contribution is 6.08. The van der Waals surface area contributed by atoms with Gasteiger partial charge in [-0.05, 0) is 54.6 Å². The predicted octanol–water partition coefficient (Wildman–Crippen LogP) is 2.24. The number of carbonyl (C=O) groups excluding carboxylic acids is 1. The summed E-state index contributed by atoms with van der Waals surface area (Å²) in [7, 11) is 0. The second-order valence-corrected chi connectivity index (χ2v) is 9.84. The topological polar surface area (TPSA) is 99.0 Å². The van der Waals surface area contributed by atoms with Crippen molar-refractivity contribution >= 4 is 47.5 Å². The summed E-state index contributed by atoms with van der Waals surface area (Å²) >= 11 is 0. The van der Waals surface area contributed by atoms with E-state index in [0.29, 0.717) is 55.9 Å². The highest BCUT2D eigenvalue weighted by atomic mass is 35.5. The number of dihydropyridines is 1. The van der Waals surface area contributed by atoms with Crippen LogP contribution < -0.4 is 16.2 Å². The van der Waals surface area contributed by atoms with E-state index in [1.807, 2.05) is 12.2 Å². The SMILES string of the molecule is Cl.Cl.O=C1CCC2=CC=C(CN[C@H]3CCN(CC4Cn5c(=O)ccc6ccc(F)c4c65)C[C@H]3O)NC2=N1. The van der Waals surface area contributed by atoms with Gasteiger partial charge in [0.15, 0.2) is 0 Å². The first kappa shape index (κ1) is 27.5. The number of nitrogens with one attached hydrogen (secondary N) is 2. The lowest BCUT2D eigenvalue weighted by atomic mass is 9.96. The Balaban J connectivity index is 0.00000160. The maximum Gasteiger partial charge on any atom is 0.251 e. The van der Waals surface area contributed by atoms with Gasteiger partial charge in [-0.25, -0.2) is 4.39 Å². The molecule has 6 rings (SSSR count). The molecule has 0 aliphatic carbocycles. The largest absolute Gasteiger partial charge is 0.390 e. The molecule has 1 fully saturated rings. The summed E-state index contributed by atoms with van der Waals surface area (Å²) in [5, 5.41) is 18.4. The number of pyridine rings is 1. The Bertz CT molecular complexity index is 1370. The summed E-state index contributed by atoms with van der Waals surface area (Å²) in [6, 6.07) is 6.43. The van der Waals surface area contributed by atoms with Crippen molar-refractivity contribution in [1.29, 1.82) is 0 Å². The van der Waals surface area contributed by atoms with Gasteiger partial charge in [0.1, 0.15) is 11.7 Å². The number of aliphatic hydroxyl groups excluding tert-OH is 1. The van der Waals surface area contributed by atoms with Crippen LogP contribution in [0.5, 0.6) is 0 Å². The third-order valence-corrected chi connectivity index (χ3v) is 7.56. The number of amidine groups is 1. The number of carbonyl (C=O) groups is 1. The van der Waals surface area contributed by atoms with E-state index < -0.39 is 6.10 Å². The highest BCUT2D eigenvalue weighted by Crippen LogP contribution is 2.35. The Hall–Kier alpha value is -2.56. The molecule has 198 valence electrons. The van der Waals surface area contributed by atoms with Crippen molar-refractivity contribution in [2.75, 3.05) is 26.2 Å². The number of hydrogen-bond donors (Lipinski definition) is 3. The molecule has 0 bridgehead atoms. The van der Waals surface area contributed by atoms with Gasteiger partial charge in [-0.1, -0.05) is 6.08 Å². The van der Waals surface area contributed by atoms with Crippen molar-refractivity contribution in [3.05, 3.63) is 69.4 Å². The van der Waals surface area contributed by atoms with E-state index >= 15 is 0 Å². The van der Waals surface area contributed by atoms with Crippen LogP contribution in [0.4, 0.5) is 4.39 Å². The highest BCUT2D eigenvalue weighted by Gasteiger charge is 2.33. The first-order valence-corrected chi connectivity index (χ1v) is 12.2. The van der Waals surface area contributed by atoms with Crippen LogP contribution in [-0.2, 0) is 11.3 Å². The molecule has 1 amide bonds. The number of halogens is 3. The van der Waals surface area contributed by atoms with Crippen molar-refractivity contribution in [1.82, 2.24) is 20.1 Å². The van der Waals surface area contributed by atoms with Crippen molar-refractivity contribution in [2.45, 2.75) is 43.9 Å². The molecule has 1 aromatic carbocycles. The molecule has 5 heterocycles. The fourth-order valence-corrected chi connectivity index (χ4v) is 5.76. The van der Waals surface area contributed by atoms with E-state index in [1.165, 1.54) is 6.07 Å². The molecule has 4 aliphatic rings. The van der Waals surface area contributed by atoms with Gasteiger partial charge in [-0.3, -0.25) is 14.5 Å². The van der Waals surface area contributed by atoms with Crippen LogP contribution in [0.2, 0.25) is 0 Å². The minimum absolute atomic E-state index is 0. The molecule has 1 saturated heterocycles. The lowest BCUT2D eigenvalue weighted by Gasteiger charge is -2.38. The average molecular weight is 550 g/mol. The number of piperidine rings is 1. The third kappa shape index (κ3) is 5.24. The predicted molar refractivity (Wildman–Crippen MR) is 145 cm³/mol. The van der Waals surface area contributed by atoms with E-state index in [0.717, 1.165) is 29.6 Å². The van der Waals surface area contributed by atoms with Gasteiger partial charge < -0.3 is 20.3 Å². The van der Waals surface area contributed by atoms with E-state index in [1.54, 1.807) is 22.8 Å². The zero-order valence-corrected chi connectivity index (χ0v) is 21.8. The van der Waals surface area contributed by atoms with Gasteiger partial charge in [0.2, 0.25) is 5.91 Å². The van der Waals surface area contributed by atoms with Gasteiger partial charge in [-0.2, -0.15) is 4.99 Å². The monoisotopic (exact) mass is 549 g/mol. The fraction of sp³-hybridized carbons (Fsp3) is 0.423. The lowest BCUT2D eigenvalue weighted by Crippen LogP contribution is -2.54. The molecule has 4 aliphatic heterocycles. The van der Waals surface area contributed by atoms with Crippen LogP contribution in [0.15, 0.2) is 57.5 Å². The fourth-order valence-electron chi connectivity index (χ4n) is 5.76. The van der Waals surface area contributed by atoms with Crippen LogP contribution in [-0.4, -0.2) is 64.6 Å². The molecule has 3 N–H and O–H groups in total. The first-order valence-electron chi connectivity index (χ1n) is 12.2. The smallest absolute Gasteiger partial charge is 0.251 e. The van der Waals surface area contributed by atoms with Crippen LogP contribution in [0, 0.1) is 5.82 Å². The molecule has 8 nitrogen and oxygen atoms in total. The van der Waals surface area contributed by atoms with Gasteiger partial charge in [0.25, 0.3) is 5.56 Å². The number of benzene rings is 1. The molecule has 11 heteroatoms. The minimum Gasteiger partial charge on any atom is -0.390 e. The maximum absolute atomic E-state index is 14.8. The Labute approximate surface area is 226 Å². The molecule has 0 saturated carbocycles. The maximum atomic E-state index is 14.8. The van der Waals surface area contributed by atoms with Gasteiger partial charge in [0, 0.05) is 61.9 Å². The number of aliphatic imine (C=N–C) groups is 1. The second kappa shape index (κ2) is 11.0. The standard InChI is InChI=1S/C26H28FN5O3.2ClH/c27-19-6-2-15-4-8-23(35)32-13-17(24(19)25(15)32)12-31-10-9-20(21(33)14-31)28-11-18-5-1-16-3-7-22(34)30-26(16)29-18;;/h1-2,4-6,8,17,20-21,28,33H,3,7,9-14H2,(H,29,30,34);2*1H/t17?,20-,21+;;/m0../s1. The third-order valence-electron chi connectivity index (χ3n) is 7.56. The molecule has 0 spiro atoms. The van der Waals surface area contributed by atoms with Gasteiger partial charge in [0.05, 0.1) is 11.6 Å². The molecule has 1 unspecified atom stereocenters. The normalized spacial score (nSPS) is 24.8. The number of β-amino-alcohol motifs (C(OH)–C–C–N with tert-alkyl or cyclic N) is 1. The van der Waals surface area contributed by atoms with Crippen molar-refractivity contribution in [2.24, 2.45) is 4.99 Å². The number of amides is 1. The summed E-state index contributed by atoms with van der Waals surface area (Å²) in [5.41, 5.74) is 3.17. The minimum atomic E-state index is -0.570. The zero-order valence-electron chi connectivity index (χ0n) is 20.2. The Morgan fingerprint density at radius 3 is 2.73 bits per heavy atom. The summed E-state index contributed by atoms with van der Waals surface area (Å²) in [4.78, 5) is 30.2. The zero-order chi connectivity index (χ0) is 24.1. The lowest BCUT2D eigenvalue weighted by molar-refractivity contribution is -0.117. The number of likely N-dealkylation sites (tertiary alicyclic amines) is 1. The molecule has 2 aromatic rings. The first-order chi connectivity index (χ1) is 17.0. The van der Waals surface area contributed by atoms with Crippen LogP contribution in [0.3, 0.4) is 0 Å². The summed E-state index contributed by atoms with van der Waals surface area (Å²) < 4.78 is 16.5. The quantitative estimate of drug-likeness (QED) is 0.529. The van der Waals surface area contributed by atoms with Crippen LogP contribution >= 0.6 is 24.8 Å². The number of fused-ring (bicyclic) bond motifs is 1. The number of allylic oxidation sites excluding steroid dienone is 2. The van der Waals surface area contributed by atoms with E-state index in [2.05, 4.69) is 20.5 Å². The number of aliphatic hydroxyl groups is 1. The van der Waals surface area contributed by atoms with Crippen molar-refractivity contribution < 1.29 is 14.3 Å². The summed E-state index contributed by atoms with van der Waals surface area (Å²) in [5.74, 6) is 0.135. The molecule has 1 aromatic heterocycles. The molecule has 0 radical (unpaired) electrons. The average Bonchev–Trinajstić information content (AvgIpc) is 3.23. The Morgan fingerprint density at radius 1 is 1.11 bits per heavy atom. The molecular weight excluding hydrogens is 520 g/mol. The van der Waals surface area contributed by atoms with Gasteiger partial charge in [-0.15, -0.1) is 24.8 Å². The number of aromatic nitrogens is 1. The Kier molecular flexibility index (Phi) is 8.20.